The summed E-state index contributed by atoms with van der Waals surface area (Å²) in [7, 11) is 0. The van der Waals surface area contributed by atoms with Crippen molar-refractivity contribution in [2.45, 2.75) is 32.6 Å². The lowest BCUT2D eigenvalue weighted by atomic mass is 10.2. The third-order valence-electron chi connectivity index (χ3n) is 3.19. The molecule has 0 radical (unpaired) electrons. The van der Waals surface area contributed by atoms with E-state index in [1.54, 1.807) is 12.1 Å². The number of nitrogens with zero attached hydrogens (tertiary/aromatic N) is 1. The van der Waals surface area contributed by atoms with E-state index in [1.807, 2.05) is 4.90 Å². The summed E-state index contributed by atoms with van der Waals surface area (Å²) < 4.78 is 0. The average Bonchev–Trinajstić information content (AvgIpc) is 2.65. The second-order valence-electron chi connectivity index (χ2n) is 4.55. The molecule has 92 valence electrons. The van der Waals surface area contributed by atoms with Crippen LogP contribution in [0, 0.1) is 0 Å². The summed E-state index contributed by atoms with van der Waals surface area (Å²) in [5.74, 6) is -0.0284. The van der Waals surface area contributed by atoms with Gasteiger partial charge in [0.05, 0.1) is 5.69 Å². The molecule has 0 spiro atoms. The number of carbonyl (C=O) groups excluding carboxylic acids is 2. The van der Waals surface area contributed by atoms with Crippen LogP contribution in [0.5, 0.6) is 0 Å². The van der Waals surface area contributed by atoms with E-state index in [4.69, 9.17) is 0 Å². The molecule has 1 aromatic rings. The highest BCUT2D eigenvalue weighted by Gasteiger charge is 2.18. The number of likely N-dealkylation sites (tertiary alicyclic amines) is 1. The first kappa shape index (κ1) is 11.9. The van der Waals surface area contributed by atoms with Gasteiger partial charge in [0, 0.05) is 20.0 Å². The van der Waals surface area contributed by atoms with E-state index in [1.165, 1.54) is 19.8 Å². The van der Waals surface area contributed by atoms with Gasteiger partial charge in [-0.25, -0.2) is 0 Å². The molecule has 1 saturated heterocycles. The SMILES string of the molecule is CC(=O)c1ccc(C(=O)N2CCCCCC2)[nH]1. The normalized spacial score (nSPS) is 16.6. The first-order valence-corrected chi connectivity index (χ1v) is 6.17. The van der Waals surface area contributed by atoms with Crippen LogP contribution in [0.1, 0.15) is 53.6 Å². The van der Waals surface area contributed by atoms with Gasteiger partial charge in [-0.15, -0.1) is 0 Å². The minimum Gasteiger partial charge on any atom is -0.348 e. The number of nitrogens with one attached hydrogen (secondary N) is 1. The van der Waals surface area contributed by atoms with Crippen molar-refractivity contribution in [3.8, 4) is 0 Å². The Kier molecular flexibility index (Phi) is 3.61. The molecule has 0 aromatic carbocycles. The zero-order chi connectivity index (χ0) is 12.3. The van der Waals surface area contributed by atoms with E-state index in [0.29, 0.717) is 11.4 Å². The average molecular weight is 234 g/mol. The molecule has 0 atom stereocenters. The Morgan fingerprint density at radius 3 is 2.18 bits per heavy atom. The van der Waals surface area contributed by atoms with E-state index in [0.717, 1.165) is 25.9 Å². The zero-order valence-corrected chi connectivity index (χ0v) is 10.2. The van der Waals surface area contributed by atoms with Gasteiger partial charge in [-0.05, 0) is 25.0 Å². The van der Waals surface area contributed by atoms with Crippen molar-refractivity contribution >= 4 is 11.7 Å². The summed E-state index contributed by atoms with van der Waals surface area (Å²) >= 11 is 0. The molecule has 4 heteroatoms. The lowest BCUT2D eigenvalue weighted by Crippen LogP contribution is -2.32. The summed E-state index contributed by atoms with van der Waals surface area (Å²) in [5.41, 5.74) is 1.03. The van der Waals surface area contributed by atoms with Crippen LogP contribution >= 0.6 is 0 Å². The molecule has 0 aliphatic carbocycles. The largest absolute Gasteiger partial charge is 0.348 e. The Balaban J connectivity index is 2.09. The third kappa shape index (κ3) is 2.75. The molecular formula is C13H18N2O2. The lowest BCUT2D eigenvalue weighted by Gasteiger charge is -2.19. The number of hydrogen-bond acceptors (Lipinski definition) is 2. The van der Waals surface area contributed by atoms with E-state index < -0.39 is 0 Å². The van der Waals surface area contributed by atoms with E-state index in [9.17, 15) is 9.59 Å². The molecule has 4 nitrogen and oxygen atoms in total. The van der Waals surface area contributed by atoms with Crippen molar-refractivity contribution in [2.75, 3.05) is 13.1 Å². The highest BCUT2D eigenvalue weighted by molar-refractivity contribution is 5.97. The van der Waals surface area contributed by atoms with E-state index in [2.05, 4.69) is 4.98 Å². The summed E-state index contributed by atoms with van der Waals surface area (Å²) in [6, 6.07) is 3.37. The summed E-state index contributed by atoms with van der Waals surface area (Å²) in [4.78, 5) is 28.1. The van der Waals surface area contributed by atoms with Crippen molar-refractivity contribution in [3.05, 3.63) is 23.5 Å². The highest BCUT2D eigenvalue weighted by atomic mass is 16.2. The van der Waals surface area contributed by atoms with Crippen LogP contribution in [0.15, 0.2) is 12.1 Å². The molecule has 17 heavy (non-hydrogen) atoms. The van der Waals surface area contributed by atoms with Crippen LogP contribution in [0.25, 0.3) is 0 Å². The van der Waals surface area contributed by atoms with Crippen molar-refractivity contribution in [3.63, 3.8) is 0 Å². The maximum Gasteiger partial charge on any atom is 0.270 e. The van der Waals surface area contributed by atoms with Gasteiger partial charge in [-0.3, -0.25) is 9.59 Å². The molecule has 1 aliphatic heterocycles. The Labute approximate surface area is 101 Å². The number of aromatic amines is 1. The van der Waals surface area contributed by atoms with Crippen molar-refractivity contribution in [1.29, 1.82) is 0 Å². The fourth-order valence-electron chi connectivity index (χ4n) is 2.17. The van der Waals surface area contributed by atoms with Gasteiger partial charge in [-0.1, -0.05) is 12.8 Å². The predicted octanol–water partition coefficient (Wildman–Crippen LogP) is 2.23. The summed E-state index contributed by atoms with van der Waals surface area (Å²) in [5, 5.41) is 0. The number of rotatable bonds is 2. The van der Waals surface area contributed by atoms with Crippen LogP contribution in [-0.4, -0.2) is 34.7 Å². The number of H-pyrrole nitrogens is 1. The molecule has 1 aliphatic rings. The summed E-state index contributed by atoms with van der Waals surface area (Å²) in [6.45, 7) is 3.15. The van der Waals surface area contributed by atoms with Crippen LogP contribution in [-0.2, 0) is 0 Å². The second-order valence-corrected chi connectivity index (χ2v) is 4.55. The van der Waals surface area contributed by atoms with E-state index >= 15 is 0 Å². The Morgan fingerprint density at radius 1 is 1.06 bits per heavy atom. The van der Waals surface area contributed by atoms with Crippen LogP contribution in [0.2, 0.25) is 0 Å². The molecular weight excluding hydrogens is 216 g/mol. The number of carbonyl (C=O) groups is 2. The zero-order valence-electron chi connectivity index (χ0n) is 10.2. The van der Waals surface area contributed by atoms with Crippen LogP contribution in [0.4, 0.5) is 0 Å². The number of ketones is 1. The quantitative estimate of drug-likeness (QED) is 0.798. The molecule has 0 saturated carbocycles. The standard InChI is InChI=1S/C13H18N2O2/c1-10(16)11-6-7-12(14-11)13(17)15-8-4-2-3-5-9-15/h6-7,14H,2-5,8-9H2,1H3. The maximum atomic E-state index is 12.2. The molecule has 0 unspecified atom stereocenters. The minimum absolute atomic E-state index is 0.0133. The number of hydrogen-bond donors (Lipinski definition) is 1. The van der Waals surface area contributed by atoms with Crippen molar-refractivity contribution < 1.29 is 9.59 Å². The van der Waals surface area contributed by atoms with Crippen LogP contribution in [0.3, 0.4) is 0 Å². The molecule has 1 N–H and O–H groups in total. The number of amides is 1. The van der Waals surface area contributed by atoms with Gasteiger partial charge in [-0.2, -0.15) is 0 Å². The molecule has 1 aromatic heterocycles. The van der Waals surface area contributed by atoms with Crippen molar-refractivity contribution in [2.24, 2.45) is 0 Å². The third-order valence-corrected chi connectivity index (χ3v) is 3.19. The molecule has 1 amide bonds. The van der Waals surface area contributed by atoms with E-state index in [-0.39, 0.29) is 11.7 Å². The Bertz CT molecular complexity index is 415. The maximum absolute atomic E-state index is 12.2. The first-order valence-electron chi connectivity index (χ1n) is 6.17. The summed E-state index contributed by atoms with van der Waals surface area (Å²) in [6.07, 6.45) is 4.55. The monoisotopic (exact) mass is 234 g/mol. The molecule has 1 fully saturated rings. The Hall–Kier alpha value is -1.58. The van der Waals surface area contributed by atoms with Crippen molar-refractivity contribution in [1.82, 2.24) is 9.88 Å². The highest BCUT2D eigenvalue weighted by Crippen LogP contribution is 2.13. The first-order chi connectivity index (χ1) is 8.18. The fourth-order valence-corrected chi connectivity index (χ4v) is 2.17. The van der Waals surface area contributed by atoms with Gasteiger partial charge in [0.15, 0.2) is 5.78 Å². The van der Waals surface area contributed by atoms with Gasteiger partial charge in [0.2, 0.25) is 0 Å². The number of aromatic nitrogens is 1. The fraction of sp³-hybridized carbons (Fsp3) is 0.538. The molecule has 2 rings (SSSR count). The smallest absolute Gasteiger partial charge is 0.270 e. The Morgan fingerprint density at radius 2 is 1.65 bits per heavy atom. The molecule has 0 bridgehead atoms. The second kappa shape index (κ2) is 5.17. The van der Waals surface area contributed by atoms with Gasteiger partial charge >= 0.3 is 0 Å². The van der Waals surface area contributed by atoms with Gasteiger partial charge < -0.3 is 9.88 Å². The minimum atomic E-state index is -0.0417. The van der Waals surface area contributed by atoms with Gasteiger partial charge in [0.1, 0.15) is 5.69 Å². The molecule has 2 heterocycles. The van der Waals surface area contributed by atoms with Gasteiger partial charge in [0.25, 0.3) is 5.91 Å². The topological polar surface area (TPSA) is 53.2 Å². The predicted molar refractivity (Wildman–Crippen MR) is 65.2 cm³/mol. The lowest BCUT2D eigenvalue weighted by molar-refractivity contribution is 0.0756. The number of Topliss-reactive ketones (excluding diaryl/α,β-unsaturated/α-hetero) is 1. The van der Waals surface area contributed by atoms with Crippen LogP contribution < -0.4 is 0 Å².